The Kier molecular flexibility index (Phi) is 3.48. The molecule has 1 aliphatic rings. The van der Waals surface area contributed by atoms with E-state index in [0.717, 1.165) is 18.6 Å². The standard InChI is InChI=1S/C14H19NOS/c1-14(2,3)17(16)15-13-10-9-12(13)11-7-5-4-6-8-11/h4-8,12H,9-10H2,1-3H3/b15-13-. The summed E-state index contributed by atoms with van der Waals surface area (Å²) < 4.78 is 16.1. The Labute approximate surface area is 106 Å². The Bertz CT molecular complexity index is 445. The van der Waals surface area contributed by atoms with Gasteiger partial charge in [0.15, 0.2) is 0 Å². The van der Waals surface area contributed by atoms with Crippen LogP contribution in [0.15, 0.2) is 34.7 Å². The third kappa shape index (κ3) is 2.83. The first kappa shape index (κ1) is 12.5. The van der Waals surface area contributed by atoms with Crippen molar-refractivity contribution in [1.82, 2.24) is 0 Å². The van der Waals surface area contributed by atoms with E-state index in [9.17, 15) is 4.21 Å². The van der Waals surface area contributed by atoms with Crippen molar-refractivity contribution < 1.29 is 4.21 Å². The molecular formula is C14H19NOS. The number of hydrogen-bond donors (Lipinski definition) is 0. The fourth-order valence-electron chi connectivity index (χ4n) is 1.81. The van der Waals surface area contributed by atoms with Crippen molar-refractivity contribution in [1.29, 1.82) is 0 Å². The molecule has 0 amide bonds. The van der Waals surface area contributed by atoms with Gasteiger partial charge in [0.2, 0.25) is 0 Å². The predicted molar refractivity (Wildman–Crippen MR) is 73.7 cm³/mol. The van der Waals surface area contributed by atoms with E-state index < -0.39 is 11.0 Å². The molecule has 1 fully saturated rings. The van der Waals surface area contributed by atoms with E-state index in [2.05, 4.69) is 16.5 Å². The van der Waals surface area contributed by atoms with E-state index in [0.29, 0.717) is 5.92 Å². The van der Waals surface area contributed by atoms with Gasteiger partial charge in [0.05, 0.1) is 4.75 Å². The summed E-state index contributed by atoms with van der Waals surface area (Å²) in [5.41, 5.74) is 2.40. The maximum atomic E-state index is 12.0. The monoisotopic (exact) mass is 249 g/mol. The van der Waals surface area contributed by atoms with Gasteiger partial charge < -0.3 is 0 Å². The summed E-state index contributed by atoms with van der Waals surface area (Å²) in [5, 5.41) is 0. The lowest BCUT2D eigenvalue weighted by molar-refractivity contribution is 0.646. The van der Waals surface area contributed by atoms with Crippen LogP contribution >= 0.6 is 0 Å². The molecule has 0 heterocycles. The van der Waals surface area contributed by atoms with Gasteiger partial charge in [0, 0.05) is 11.6 Å². The molecule has 92 valence electrons. The summed E-state index contributed by atoms with van der Waals surface area (Å²) in [5.74, 6) is 0.391. The summed E-state index contributed by atoms with van der Waals surface area (Å²) in [4.78, 5) is 0. The van der Waals surface area contributed by atoms with Crippen LogP contribution in [0.4, 0.5) is 0 Å². The van der Waals surface area contributed by atoms with Crippen molar-refractivity contribution in [2.24, 2.45) is 4.40 Å². The van der Waals surface area contributed by atoms with E-state index in [1.165, 1.54) is 5.56 Å². The van der Waals surface area contributed by atoms with E-state index in [-0.39, 0.29) is 4.75 Å². The van der Waals surface area contributed by atoms with Crippen LogP contribution in [0.1, 0.15) is 45.1 Å². The van der Waals surface area contributed by atoms with Crippen LogP contribution in [-0.4, -0.2) is 14.7 Å². The van der Waals surface area contributed by atoms with Gasteiger partial charge in [-0.2, -0.15) is 4.40 Å². The molecule has 0 radical (unpaired) electrons. The third-order valence-corrected chi connectivity index (χ3v) is 4.47. The summed E-state index contributed by atoms with van der Waals surface area (Å²) >= 11 is 0. The summed E-state index contributed by atoms with van der Waals surface area (Å²) in [6.45, 7) is 5.89. The van der Waals surface area contributed by atoms with Crippen LogP contribution in [0.2, 0.25) is 0 Å². The fraction of sp³-hybridized carbons (Fsp3) is 0.500. The van der Waals surface area contributed by atoms with Crippen LogP contribution < -0.4 is 0 Å². The minimum atomic E-state index is -1.12. The highest BCUT2D eigenvalue weighted by molar-refractivity contribution is 7.85. The normalized spacial score (nSPS) is 24.4. The van der Waals surface area contributed by atoms with E-state index in [1.54, 1.807) is 0 Å². The molecule has 0 bridgehead atoms. The van der Waals surface area contributed by atoms with Crippen LogP contribution in [0.5, 0.6) is 0 Å². The largest absolute Gasteiger partial charge is 0.234 e. The van der Waals surface area contributed by atoms with Crippen molar-refractivity contribution in [3.05, 3.63) is 35.9 Å². The summed E-state index contributed by atoms with van der Waals surface area (Å²) in [7, 11) is -1.12. The molecule has 1 aliphatic carbocycles. The van der Waals surface area contributed by atoms with E-state index in [4.69, 9.17) is 0 Å². The highest BCUT2D eigenvalue weighted by Crippen LogP contribution is 2.35. The number of hydrogen-bond acceptors (Lipinski definition) is 1. The van der Waals surface area contributed by atoms with Crippen LogP contribution in [0.25, 0.3) is 0 Å². The molecule has 0 aromatic heterocycles. The van der Waals surface area contributed by atoms with Gasteiger partial charge in [-0.3, -0.25) is 0 Å². The Morgan fingerprint density at radius 2 is 1.88 bits per heavy atom. The molecule has 0 spiro atoms. The molecule has 2 unspecified atom stereocenters. The zero-order valence-corrected chi connectivity index (χ0v) is 11.5. The molecular weight excluding hydrogens is 230 g/mol. The minimum absolute atomic E-state index is 0.260. The first-order valence-electron chi connectivity index (χ1n) is 6.03. The fourth-order valence-corrected chi connectivity index (χ4v) is 2.52. The second kappa shape index (κ2) is 4.73. The zero-order chi connectivity index (χ0) is 12.5. The lowest BCUT2D eigenvalue weighted by Gasteiger charge is -2.29. The Balaban J connectivity index is 2.15. The Morgan fingerprint density at radius 1 is 1.24 bits per heavy atom. The van der Waals surface area contributed by atoms with Gasteiger partial charge in [-0.15, -0.1) is 0 Å². The molecule has 1 saturated carbocycles. The Morgan fingerprint density at radius 3 is 2.35 bits per heavy atom. The number of nitrogens with zero attached hydrogens (tertiary/aromatic N) is 1. The maximum absolute atomic E-state index is 12.0. The Hall–Kier alpha value is -0.960. The van der Waals surface area contributed by atoms with Crippen LogP contribution in [-0.2, 0) is 11.0 Å². The SMILES string of the molecule is CC(C)(C)S(=O)/N=C1/CCC1c1ccccc1. The minimum Gasteiger partial charge on any atom is -0.234 e. The lowest BCUT2D eigenvalue weighted by atomic mass is 9.78. The second-order valence-corrected chi connectivity index (χ2v) is 7.35. The predicted octanol–water partition coefficient (Wildman–Crippen LogP) is 3.47. The molecule has 2 atom stereocenters. The van der Waals surface area contributed by atoms with Crippen molar-refractivity contribution in [3.63, 3.8) is 0 Å². The van der Waals surface area contributed by atoms with E-state index in [1.807, 2.05) is 39.0 Å². The molecule has 2 nitrogen and oxygen atoms in total. The average Bonchev–Trinajstić information content (AvgIpc) is 2.24. The van der Waals surface area contributed by atoms with Crippen molar-refractivity contribution in [2.75, 3.05) is 0 Å². The quantitative estimate of drug-likeness (QED) is 0.789. The summed E-state index contributed by atoms with van der Waals surface area (Å²) in [6.07, 6.45) is 2.12. The van der Waals surface area contributed by atoms with Crippen LogP contribution in [0.3, 0.4) is 0 Å². The number of benzene rings is 1. The molecule has 1 aromatic rings. The maximum Gasteiger partial charge on any atom is 0.144 e. The third-order valence-electron chi connectivity index (χ3n) is 3.02. The number of rotatable bonds is 2. The van der Waals surface area contributed by atoms with Gasteiger partial charge in [-0.05, 0) is 39.2 Å². The smallest absolute Gasteiger partial charge is 0.144 e. The molecule has 0 N–H and O–H groups in total. The summed E-state index contributed by atoms with van der Waals surface area (Å²) in [6, 6.07) is 10.4. The van der Waals surface area contributed by atoms with E-state index >= 15 is 0 Å². The van der Waals surface area contributed by atoms with Gasteiger partial charge >= 0.3 is 0 Å². The van der Waals surface area contributed by atoms with Crippen molar-refractivity contribution in [3.8, 4) is 0 Å². The first-order chi connectivity index (χ1) is 7.98. The lowest BCUT2D eigenvalue weighted by Crippen LogP contribution is -2.27. The topological polar surface area (TPSA) is 29.4 Å². The molecule has 3 heteroatoms. The zero-order valence-electron chi connectivity index (χ0n) is 10.6. The molecule has 0 aliphatic heterocycles. The molecule has 17 heavy (non-hydrogen) atoms. The molecule has 1 aromatic carbocycles. The van der Waals surface area contributed by atoms with Crippen molar-refractivity contribution in [2.45, 2.75) is 44.3 Å². The second-order valence-electron chi connectivity index (χ2n) is 5.45. The van der Waals surface area contributed by atoms with Gasteiger partial charge in [0.1, 0.15) is 11.0 Å². The van der Waals surface area contributed by atoms with Gasteiger partial charge in [0.25, 0.3) is 0 Å². The average molecular weight is 249 g/mol. The first-order valence-corrected chi connectivity index (χ1v) is 7.13. The van der Waals surface area contributed by atoms with Crippen LogP contribution in [0, 0.1) is 0 Å². The van der Waals surface area contributed by atoms with Gasteiger partial charge in [-0.1, -0.05) is 30.3 Å². The molecule has 0 saturated heterocycles. The van der Waals surface area contributed by atoms with Gasteiger partial charge in [-0.25, -0.2) is 4.21 Å². The molecule has 2 rings (SSSR count). The highest BCUT2D eigenvalue weighted by atomic mass is 32.2. The van der Waals surface area contributed by atoms with Crippen molar-refractivity contribution >= 4 is 16.7 Å². The highest BCUT2D eigenvalue weighted by Gasteiger charge is 2.30.